The molecule has 0 unspecified atom stereocenters. The van der Waals surface area contributed by atoms with Crippen molar-refractivity contribution in [3.63, 3.8) is 0 Å². The van der Waals surface area contributed by atoms with Crippen LogP contribution < -0.4 is 9.47 Å². The second kappa shape index (κ2) is 10.1. The molecule has 1 amide bonds. The molecule has 1 saturated heterocycles. The normalized spacial score (nSPS) is 16.8. The summed E-state index contributed by atoms with van der Waals surface area (Å²) in [5, 5.41) is 0. The molecule has 1 fully saturated rings. The highest BCUT2D eigenvalue weighted by Gasteiger charge is 2.31. The Morgan fingerprint density at radius 1 is 1.00 bits per heavy atom. The second-order valence-electron chi connectivity index (χ2n) is 8.38. The first-order chi connectivity index (χ1) is 15.9. The number of aryl methyl sites for hydroxylation is 1. The molecule has 2 aliphatic rings. The Labute approximate surface area is 195 Å². The first-order valence-corrected chi connectivity index (χ1v) is 12.8. The van der Waals surface area contributed by atoms with Crippen LogP contribution in [0.4, 0.5) is 0 Å². The molecule has 2 aromatic rings. The highest BCUT2D eigenvalue weighted by Crippen LogP contribution is 2.33. The topological polar surface area (TPSA) is 79.4 Å². The minimum Gasteiger partial charge on any atom is -0.486 e. The smallest absolute Gasteiger partial charge is 0.243 e. The fourth-order valence-corrected chi connectivity index (χ4v) is 5.59. The molecule has 4 rings (SSSR count). The third kappa shape index (κ3) is 5.48. The van der Waals surface area contributed by atoms with Gasteiger partial charge in [-0.2, -0.15) is 4.31 Å². The van der Waals surface area contributed by atoms with Gasteiger partial charge in [0.2, 0.25) is 15.9 Å². The van der Waals surface area contributed by atoms with Crippen molar-refractivity contribution in [3.05, 3.63) is 53.6 Å². The minimum atomic E-state index is -3.67. The van der Waals surface area contributed by atoms with Crippen LogP contribution in [0.1, 0.15) is 18.1 Å². The van der Waals surface area contributed by atoms with Gasteiger partial charge in [0.25, 0.3) is 0 Å². The lowest BCUT2D eigenvalue weighted by Gasteiger charge is -2.35. The van der Waals surface area contributed by atoms with Crippen LogP contribution in [0.2, 0.25) is 0 Å². The Bertz CT molecular complexity index is 1100. The van der Waals surface area contributed by atoms with Crippen LogP contribution in [0.5, 0.6) is 11.5 Å². The van der Waals surface area contributed by atoms with Crippen LogP contribution in [0.3, 0.4) is 0 Å². The van der Waals surface area contributed by atoms with Crippen molar-refractivity contribution in [2.24, 2.45) is 0 Å². The van der Waals surface area contributed by atoms with E-state index in [0.29, 0.717) is 50.9 Å². The predicted molar refractivity (Wildman–Crippen MR) is 125 cm³/mol. The van der Waals surface area contributed by atoms with E-state index in [2.05, 4.69) is 30.0 Å². The maximum atomic E-state index is 13.1. The number of piperazine rings is 1. The van der Waals surface area contributed by atoms with Gasteiger partial charge < -0.3 is 14.4 Å². The number of likely N-dealkylation sites (N-methyl/N-ethyl adjacent to an activating group) is 1. The average molecular weight is 474 g/mol. The summed E-state index contributed by atoms with van der Waals surface area (Å²) in [4.78, 5) is 16.9. The zero-order chi connectivity index (χ0) is 23.4. The molecule has 33 heavy (non-hydrogen) atoms. The van der Waals surface area contributed by atoms with Crippen LogP contribution in [0.15, 0.2) is 47.4 Å². The van der Waals surface area contributed by atoms with E-state index >= 15 is 0 Å². The number of carbonyl (C=O) groups excluding carboxylic acids is 1. The molecule has 0 aliphatic carbocycles. The average Bonchev–Trinajstić information content (AvgIpc) is 2.83. The largest absolute Gasteiger partial charge is 0.486 e. The van der Waals surface area contributed by atoms with Gasteiger partial charge >= 0.3 is 0 Å². The molecule has 0 atom stereocenters. The van der Waals surface area contributed by atoms with Gasteiger partial charge in [-0.05, 0) is 31.2 Å². The van der Waals surface area contributed by atoms with E-state index in [1.54, 1.807) is 17.0 Å². The number of ether oxygens (including phenoxy) is 2. The Morgan fingerprint density at radius 3 is 2.42 bits per heavy atom. The third-order valence-corrected chi connectivity index (χ3v) is 7.93. The molecule has 8 nitrogen and oxygen atoms in total. The first-order valence-electron chi connectivity index (χ1n) is 11.3. The monoisotopic (exact) mass is 473 g/mol. The van der Waals surface area contributed by atoms with E-state index in [0.717, 1.165) is 6.54 Å². The fraction of sp³-hybridized carbons (Fsp3) is 0.458. The Hall–Kier alpha value is -2.62. The number of benzene rings is 2. The number of amides is 1. The molecule has 0 bridgehead atoms. The summed E-state index contributed by atoms with van der Waals surface area (Å²) in [5.41, 5.74) is 2.38. The summed E-state index contributed by atoms with van der Waals surface area (Å²) in [5.74, 6) is 1.03. The van der Waals surface area contributed by atoms with E-state index in [1.165, 1.54) is 21.5 Å². The molecule has 0 saturated carbocycles. The molecule has 2 heterocycles. The lowest BCUT2D eigenvalue weighted by atomic mass is 10.1. The highest BCUT2D eigenvalue weighted by molar-refractivity contribution is 7.89. The maximum Gasteiger partial charge on any atom is 0.243 e. The number of hydrogen-bond donors (Lipinski definition) is 0. The Kier molecular flexibility index (Phi) is 7.21. The van der Waals surface area contributed by atoms with Crippen molar-refractivity contribution in [1.29, 1.82) is 0 Å². The standard InChI is InChI=1S/C24H31N3O5S/c1-3-25(17-20-6-4-5-19(2)15-20)18-24(28)26-9-11-27(12-10-26)33(29,30)21-7-8-22-23(16-21)32-14-13-31-22/h4-8,15-16H,3,9-14,17-18H2,1-2H3. The van der Waals surface area contributed by atoms with Crippen molar-refractivity contribution in [1.82, 2.24) is 14.1 Å². The summed E-state index contributed by atoms with van der Waals surface area (Å²) in [6, 6.07) is 13.0. The van der Waals surface area contributed by atoms with Gasteiger partial charge in [0, 0.05) is 38.8 Å². The van der Waals surface area contributed by atoms with E-state index in [-0.39, 0.29) is 23.9 Å². The SMILES string of the molecule is CCN(CC(=O)N1CCN(S(=O)(=O)c2ccc3c(c2)OCCO3)CC1)Cc1cccc(C)c1. The van der Waals surface area contributed by atoms with Crippen molar-refractivity contribution in [2.45, 2.75) is 25.3 Å². The number of sulfonamides is 1. The number of rotatable bonds is 7. The Balaban J connectivity index is 1.34. The number of fused-ring (bicyclic) bond motifs is 1. The van der Waals surface area contributed by atoms with E-state index in [4.69, 9.17) is 9.47 Å². The van der Waals surface area contributed by atoms with Crippen LogP contribution in [0, 0.1) is 6.92 Å². The summed E-state index contributed by atoms with van der Waals surface area (Å²) in [7, 11) is -3.67. The van der Waals surface area contributed by atoms with Gasteiger partial charge in [0.15, 0.2) is 11.5 Å². The summed E-state index contributed by atoms with van der Waals surface area (Å²) in [6.07, 6.45) is 0. The van der Waals surface area contributed by atoms with Gasteiger partial charge in [0.1, 0.15) is 13.2 Å². The highest BCUT2D eigenvalue weighted by atomic mass is 32.2. The molecule has 0 radical (unpaired) electrons. The van der Waals surface area contributed by atoms with E-state index < -0.39 is 10.0 Å². The lowest BCUT2D eigenvalue weighted by Crippen LogP contribution is -2.52. The number of hydrogen-bond acceptors (Lipinski definition) is 6. The van der Waals surface area contributed by atoms with Crippen LogP contribution >= 0.6 is 0 Å². The number of carbonyl (C=O) groups is 1. The molecule has 0 spiro atoms. The van der Waals surface area contributed by atoms with E-state index in [1.807, 2.05) is 13.0 Å². The molecule has 2 aliphatic heterocycles. The molecule has 0 aromatic heterocycles. The summed E-state index contributed by atoms with van der Waals surface area (Å²) < 4.78 is 38.7. The van der Waals surface area contributed by atoms with Gasteiger partial charge in [0.05, 0.1) is 11.4 Å². The first kappa shape index (κ1) is 23.5. The molecular weight excluding hydrogens is 442 g/mol. The summed E-state index contributed by atoms with van der Waals surface area (Å²) >= 11 is 0. The van der Waals surface area contributed by atoms with Gasteiger partial charge in [-0.3, -0.25) is 9.69 Å². The minimum absolute atomic E-state index is 0.0286. The third-order valence-electron chi connectivity index (χ3n) is 6.04. The van der Waals surface area contributed by atoms with Crippen LogP contribution in [-0.2, 0) is 21.4 Å². The van der Waals surface area contributed by atoms with E-state index in [9.17, 15) is 13.2 Å². The molecular formula is C24H31N3O5S. The zero-order valence-electron chi connectivity index (χ0n) is 19.2. The molecule has 2 aromatic carbocycles. The van der Waals surface area contributed by atoms with Gasteiger partial charge in [-0.25, -0.2) is 8.42 Å². The van der Waals surface area contributed by atoms with Crippen molar-refractivity contribution in [3.8, 4) is 11.5 Å². The number of nitrogens with zero attached hydrogens (tertiary/aromatic N) is 3. The van der Waals surface area contributed by atoms with Crippen LogP contribution in [-0.4, -0.2) is 80.9 Å². The van der Waals surface area contributed by atoms with Crippen molar-refractivity contribution < 1.29 is 22.7 Å². The second-order valence-corrected chi connectivity index (χ2v) is 10.3. The Morgan fingerprint density at radius 2 is 1.73 bits per heavy atom. The van der Waals surface area contributed by atoms with Crippen LogP contribution in [0.25, 0.3) is 0 Å². The van der Waals surface area contributed by atoms with Gasteiger partial charge in [-0.1, -0.05) is 36.8 Å². The van der Waals surface area contributed by atoms with Crippen molar-refractivity contribution >= 4 is 15.9 Å². The molecule has 178 valence electrons. The predicted octanol–water partition coefficient (Wildman–Crippen LogP) is 2.12. The quantitative estimate of drug-likeness (QED) is 0.613. The van der Waals surface area contributed by atoms with Crippen molar-refractivity contribution in [2.75, 3.05) is 52.5 Å². The molecule has 9 heteroatoms. The fourth-order valence-electron chi connectivity index (χ4n) is 4.15. The summed E-state index contributed by atoms with van der Waals surface area (Å²) in [6.45, 7) is 8.05. The molecule has 0 N–H and O–H groups in total. The van der Waals surface area contributed by atoms with Gasteiger partial charge in [-0.15, -0.1) is 0 Å². The maximum absolute atomic E-state index is 13.1. The lowest BCUT2D eigenvalue weighted by molar-refractivity contribution is -0.133. The zero-order valence-corrected chi connectivity index (χ0v) is 20.0.